The van der Waals surface area contributed by atoms with Gasteiger partial charge in [0.05, 0.1) is 20.6 Å². The van der Waals surface area contributed by atoms with Gasteiger partial charge in [0.25, 0.3) is 0 Å². The maximum atomic E-state index is 6.17. The number of aliphatic imine (C=N–C) groups is 1. The first-order chi connectivity index (χ1) is 8.19. The van der Waals surface area contributed by atoms with Crippen molar-refractivity contribution in [2.45, 2.75) is 5.66 Å². The number of nitrogens with two attached hydrogens (primary N) is 1. The van der Waals surface area contributed by atoms with Crippen molar-refractivity contribution in [1.82, 2.24) is 5.32 Å². The summed E-state index contributed by atoms with van der Waals surface area (Å²) in [5, 5.41) is 2.85. The first-order valence-electron chi connectivity index (χ1n) is 5.18. The molecule has 1 unspecified atom stereocenters. The van der Waals surface area contributed by atoms with Gasteiger partial charge in [0.1, 0.15) is 0 Å². The van der Waals surface area contributed by atoms with E-state index in [1.807, 2.05) is 18.2 Å². The fourth-order valence-corrected chi connectivity index (χ4v) is 1.66. The molecule has 90 valence electrons. The van der Waals surface area contributed by atoms with Crippen LogP contribution in [0.5, 0.6) is 11.5 Å². The van der Waals surface area contributed by atoms with E-state index in [0.29, 0.717) is 11.5 Å². The minimum absolute atomic E-state index is 0.636. The molecule has 1 aliphatic heterocycles. The average molecular weight is 233 g/mol. The molecule has 0 saturated heterocycles. The van der Waals surface area contributed by atoms with E-state index in [1.54, 1.807) is 32.8 Å². The van der Waals surface area contributed by atoms with Crippen LogP contribution in [0.3, 0.4) is 0 Å². The monoisotopic (exact) mass is 233 g/mol. The molecule has 0 radical (unpaired) electrons. The molecule has 0 spiro atoms. The highest BCUT2D eigenvalue weighted by Crippen LogP contribution is 2.32. The van der Waals surface area contributed by atoms with Gasteiger partial charge < -0.3 is 14.8 Å². The Hall–Kier alpha value is -2.01. The first-order valence-corrected chi connectivity index (χ1v) is 5.18. The number of rotatable bonds is 3. The van der Waals surface area contributed by atoms with E-state index >= 15 is 0 Å². The Labute approximate surface area is 99.9 Å². The summed E-state index contributed by atoms with van der Waals surface area (Å²) in [7, 11) is 3.19. The van der Waals surface area contributed by atoms with Crippen LogP contribution in [-0.4, -0.2) is 20.6 Å². The van der Waals surface area contributed by atoms with E-state index in [-0.39, 0.29) is 0 Å². The topological polar surface area (TPSA) is 68.9 Å². The predicted molar refractivity (Wildman–Crippen MR) is 66.2 cm³/mol. The van der Waals surface area contributed by atoms with Gasteiger partial charge in [-0.3, -0.25) is 5.73 Å². The number of hydrogen-bond acceptors (Lipinski definition) is 5. The fourth-order valence-electron chi connectivity index (χ4n) is 1.66. The lowest BCUT2D eigenvalue weighted by Gasteiger charge is -2.24. The zero-order valence-corrected chi connectivity index (χ0v) is 9.81. The Kier molecular flexibility index (Phi) is 3.01. The number of ether oxygens (including phenoxy) is 2. The second-order valence-electron chi connectivity index (χ2n) is 3.65. The summed E-state index contributed by atoms with van der Waals surface area (Å²) in [5.41, 5.74) is 6.16. The summed E-state index contributed by atoms with van der Waals surface area (Å²) in [6.07, 6.45) is 5.11. The van der Waals surface area contributed by atoms with E-state index in [1.165, 1.54) is 0 Å². The van der Waals surface area contributed by atoms with Crippen molar-refractivity contribution in [2.75, 3.05) is 14.2 Å². The maximum Gasteiger partial charge on any atom is 0.161 e. The third-order valence-corrected chi connectivity index (χ3v) is 2.63. The predicted octanol–water partition coefficient (Wildman–Crippen LogP) is 0.961. The second-order valence-corrected chi connectivity index (χ2v) is 3.65. The summed E-state index contributed by atoms with van der Waals surface area (Å²) < 4.78 is 10.4. The van der Waals surface area contributed by atoms with Crippen LogP contribution >= 0.6 is 0 Å². The zero-order chi connectivity index (χ0) is 12.3. The van der Waals surface area contributed by atoms with Gasteiger partial charge >= 0.3 is 0 Å². The van der Waals surface area contributed by atoms with Crippen molar-refractivity contribution in [1.29, 1.82) is 0 Å². The lowest BCUT2D eigenvalue weighted by Crippen LogP contribution is -2.35. The highest BCUT2D eigenvalue weighted by atomic mass is 16.5. The molecule has 0 saturated carbocycles. The molecule has 3 N–H and O–H groups in total. The minimum atomic E-state index is -0.856. The molecule has 17 heavy (non-hydrogen) atoms. The molecular formula is C12H15N3O2. The molecule has 0 aromatic heterocycles. The highest BCUT2D eigenvalue weighted by Gasteiger charge is 2.25. The molecule has 1 aromatic rings. The third kappa shape index (κ3) is 2.09. The molecule has 0 amide bonds. The number of benzene rings is 1. The van der Waals surface area contributed by atoms with Crippen LogP contribution in [-0.2, 0) is 5.66 Å². The standard InChI is InChI=1S/C12H15N3O2/c1-16-10-4-3-9(7-11(10)17-2)12(13)5-6-14-8-15-12/h3-8H,13H2,1-2H3,(H,14,15). The molecule has 1 heterocycles. The number of hydrogen-bond donors (Lipinski definition) is 2. The minimum Gasteiger partial charge on any atom is -0.493 e. The fraction of sp³-hybridized carbons (Fsp3) is 0.250. The summed E-state index contributed by atoms with van der Waals surface area (Å²) in [4.78, 5) is 4.22. The number of nitrogens with one attached hydrogen (secondary N) is 1. The van der Waals surface area contributed by atoms with Crippen LogP contribution in [0.1, 0.15) is 5.56 Å². The Balaban J connectivity index is 2.42. The summed E-state index contributed by atoms with van der Waals surface area (Å²) >= 11 is 0. The van der Waals surface area contributed by atoms with Crippen LogP contribution in [0.15, 0.2) is 35.5 Å². The normalized spacial score (nSPS) is 22.1. The van der Waals surface area contributed by atoms with E-state index in [9.17, 15) is 0 Å². The molecule has 1 atom stereocenters. The smallest absolute Gasteiger partial charge is 0.161 e. The second kappa shape index (κ2) is 4.47. The third-order valence-electron chi connectivity index (χ3n) is 2.63. The van der Waals surface area contributed by atoms with E-state index in [4.69, 9.17) is 15.2 Å². The van der Waals surface area contributed by atoms with Crippen molar-refractivity contribution in [3.63, 3.8) is 0 Å². The van der Waals surface area contributed by atoms with Crippen molar-refractivity contribution in [3.8, 4) is 11.5 Å². The lowest BCUT2D eigenvalue weighted by atomic mass is 10.00. The van der Waals surface area contributed by atoms with E-state index < -0.39 is 5.66 Å². The van der Waals surface area contributed by atoms with Gasteiger partial charge in [0.15, 0.2) is 17.2 Å². The van der Waals surface area contributed by atoms with Gasteiger partial charge in [-0.05, 0) is 18.2 Å². The van der Waals surface area contributed by atoms with Crippen molar-refractivity contribution < 1.29 is 9.47 Å². The zero-order valence-electron chi connectivity index (χ0n) is 9.81. The van der Waals surface area contributed by atoms with E-state index in [2.05, 4.69) is 10.3 Å². The molecule has 5 heteroatoms. The molecule has 2 rings (SSSR count). The Morgan fingerprint density at radius 3 is 2.59 bits per heavy atom. The van der Waals surface area contributed by atoms with Gasteiger partial charge in [-0.25, -0.2) is 4.99 Å². The number of nitrogens with zero attached hydrogens (tertiary/aromatic N) is 1. The van der Waals surface area contributed by atoms with E-state index in [0.717, 1.165) is 5.56 Å². The van der Waals surface area contributed by atoms with Gasteiger partial charge in [0, 0.05) is 11.8 Å². The van der Waals surface area contributed by atoms with Gasteiger partial charge in [-0.15, -0.1) is 0 Å². The molecular weight excluding hydrogens is 218 g/mol. The summed E-state index contributed by atoms with van der Waals surface area (Å²) in [6, 6.07) is 5.51. The van der Waals surface area contributed by atoms with Gasteiger partial charge in [-0.1, -0.05) is 6.07 Å². The molecule has 1 aliphatic rings. The molecule has 1 aromatic carbocycles. The van der Waals surface area contributed by atoms with Crippen LogP contribution in [0.4, 0.5) is 0 Å². The molecule has 5 nitrogen and oxygen atoms in total. The largest absolute Gasteiger partial charge is 0.493 e. The Morgan fingerprint density at radius 1 is 1.24 bits per heavy atom. The van der Waals surface area contributed by atoms with Gasteiger partial charge in [0.2, 0.25) is 0 Å². The van der Waals surface area contributed by atoms with Crippen LogP contribution in [0.2, 0.25) is 0 Å². The quantitative estimate of drug-likeness (QED) is 0.816. The molecule has 0 fully saturated rings. The summed E-state index contributed by atoms with van der Waals surface area (Å²) in [6.45, 7) is 0. The van der Waals surface area contributed by atoms with Crippen molar-refractivity contribution >= 4 is 6.34 Å². The Morgan fingerprint density at radius 2 is 2.00 bits per heavy atom. The van der Waals surface area contributed by atoms with Crippen molar-refractivity contribution in [3.05, 3.63) is 36.0 Å². The average Bonchev–Trinajstić information content (AvgIpc) is 2.38. The highest BCUT2D eigenvalue weighted by molar-refractivity contribution is 5.60. The SMILES string of the molecule is COc1ccc(C2(N)C=CNC=N2)cc1OC. The van der Waals surface area contributed by atoms with Crippen molar-refractivity contribution in [2.24, 2.45) is 10.7 Å². The first kappa shape index (κ1) is 11.5. The lowest BCUT2D eigenvalue weighted by molar-refractivity contribution is 0.353. The van der Waals surface area contributed by atoms with Crippen LogP contribution in [0.25, 0.3) is 0 Å². The number of methoxy groups -OCH3 is 2. The van der Waals surface area contributed by atoms with Crippen LogP contribution in [0, 0.1) is 0 Å². The Bertz CT molecular complexity index is 457. The molecule has 0 bridgehead atoms. The van der Waals surface area contributed by atoms with Gasteiger partial charge in [-0.2, -0.15) is 0 Å². The summed E-state index contributed by atoms with van der Waals surface area (Å²) in [5.74, 6) is 1.30. The molecule has 0 aliphatic carbocycles. The maximum absolute atomic E-state index is 6.17. The van der Waals surface area contributed by atoms with Crippen LogP contribution < -0.4 is 20.5 Å².